The fraction of sp³-hybridized carbons (Fsp3) is 0.174. The molecular weight excluding hydrogens is 367 g/mol. The van der Waals surface area contributed by atoms with E-state index in [0.717, 1.165) is 41.1 Å². The summed E-state index contributed by atoms with van der Waals surface area (Å²) in [5, 5.41) is 2.88. The zero-order valence-electron chi connectivity index (χ0n) is 16.1. The smallest absolute Gasteiger partial charge is 0.251 e. The summed E-state index contributed by atoms with van der Waals surface area (Å²) in [6.07, 6.45) is 2.71. The second-order valence-corrected chi connectivity index (χ2v) is 6.82. The van der Waals surface area contributed by atoms with Gasteiger partial charge in [-0.15, -0.1) is 0 Å². The van der Waals surface area contributed by atoms with Gasteiger partial charge in [0.05, 0.1) is 0 Å². The molecule has 0 radical (unpaired) electrons. The maximum absolute atomic E-state index is 13.0. The van der Waals surface area contributed by atoms with Crippen LogP contribution in [0.5, 0.6) is 0 Å². The summed E-state index contributed by atoms with van der Waals surface area (Å²) in [7, 11) is 0. The molecule has 0 fully saturated rings. The van der Waals surface area contributed by atoms with Gasteiger partial charge in [0.15, 0.2) is 5.65 Å². The van der Waals surface area contributed by atoms with Crippen LogP contribution in [0.1, 0.15) is 29.3 Å². The zero-order chi connectivity index (χ0) is 20.2. The molecule has 146 valence electrons. The summed E-state index contributed by atoms with van der Waals surface area (Å²) < 4.78 is 15.1. The number of carbonyl (C=O) groups excluding carboxylic acids is 1. The number of halogens is 1. The summed E-state index contributed by atoms with van der Waals surface area (Å²) >= 11 is 0. The van der Waals surface area contributed by atoms with E-state index in [2.05, 4.69) is 21.8 Å². The molecule has 0 saturated carbocycles. The minimum atomic E-state index is -0.294. The predicted molar refractivity (Wildman–Crippen MR) is 111 cm³/mol. The molecule has 29 heavy (non-hydrogen) atoms. The van der Waals surface area contributed by atoms with Gasteiger partial charge in [-0.05, 0) is 48.4 Å². The molecule has 0 saturated heterocycles. The maximum Gasteiger partial charge on any atom is 0.251 e. The molecule has 0 spiro atoms. The number of fused-ring (bicyclic) bond motifs is 1. The van der Waals surface area contributed by atoms with Crippen molar-refractivity contribution < 1.29 is 9.18 Å². The molecule has 5 nitrogen and oxygen atoms in total. The molecule has 2 aromatic heterocycles. The summed E-state index contributed by atoms with van der Waals surface area (Å²) in [5.41, 5.74) is 3.93. The van der Waals surface area contributed by atoms with Gasteiger partial charge in [-0.3, -0.25) is 4.79 Å². The van der Waals surface area contributed by atoms with Gasteiger partial charge in [0.25, 0.3) is 5.91 Å². The Hall–Kier alpha value is -3.54. The van der Waals surface area contributed by atoms with Gasteiger partial charge >= 0.3 is 0 Å². The lowest BCUT2D eigenvalue weighted by Crippen LogP contribution is -2.22. The molecule has 0 aliphatic rings. The number of hydrogen-bond donors (Lipinski definition) is 1. The quantitative estimate of drug-likeness (QED) is 0.526. The van der Waals surface area contributed by atoms with E-state index in [1.54, 1.807) is 24.4 Å². The van der Waals surface area contributed by atoms with Gasteiger partial charge in [0, 0.05) is 30.4 Å². The number of nitrogens with one attached hydrogen (secondary N) is 1. The summed E-state index contributed by atoms with van der Waals surface area (Å²) in [4.78, 5) is 21.8. The Morgan fingerprint density at radius 2 is 1.93 bits per heavy atom. The fourth-order valence-corrected chi connectivity index (χ4v) is 3.30. The molecule has 4 aromatic rings. The average molecular weight is 388 g/mol. The molecule has 1 N–H and O–H groups in total. The summed E-state index contributed by atoms with van der Waals surface area (Å²) in [6.45, 7) is 3.24. The Labute approximate surface area is 168 Å². The molecule has 0 aliphatic carbocycles. The Morgan fingerprint density at radius 1 is 1.10 bits per heavy atom. The minimum absolute atomic E-state index is 0.188. The standard InChI is InChI=1S/C23H21FN4O/c1-2-13-28-21(27-20-7-4-12-25-22(20)28)17-5-3-6-18(14-17)23(29)26-15-16-8-10-19(24)11-9-16/h3-12,14H,2,13,15H2,1H3,(H,26,29). The Bertz CT molecular complexity index is 1150. The first-order chi connectivity index (χ1) is 14.2. The van der Waals surface area contributed by atoms with E-state index >= 15 is 0 Å². The van der Waals surface area contributed by atoms with E-state index in [-0.39, 0.29) is 11.7 Å². The average Bonchev–Trinajstić information content (AvgIpc) is 3.12. The van der Waals surface area contributed by atoms with E-state index in [9.17, 15) is 9.18 Å². The van der Waals surface area contributed by atoms with E-state index in [4.69, 9.17) is 4.98 Å². The number of pyridine rings is 1. The lowest BCUT2D eigenvalue weighted by Gasteiger charge is -2.09. The molecule has 2 heterocycles. The second kappa shape index (κ2) is 8.22. The van der Waals surface area contributed by atoms with Crippen LogP contribution in [0, 0.1) is 5.82 Å². The van der Waals surface area contributed by atoms with Crippen LogP contribution in [0.3, 0.4) is 0 Å². The zero-order valence-corrected chi connectivity index (χ0v) is 16.1. The molecule has 0 bridgehead atoms. The van der Waals surface area contributed by atoms with Crippen LogP contribution < -0.4 is 5.32 Å². The van der Waals surface area contributed by atoms with Gasteiger partial charge in [-0.25, -0.2) is 14.4 Å². The molecule has 4 rings (SSSR count). The number of rotatable bonds is 6. The van der Waals surface area contributed by atoms with Crippen molar-refractivity contribution >= 4 is 17.1 Å². The lowest BCUT2D eigenvalue weighted by atomic mass is 10.1. The van der Waals surface area contributed by atoms with Crippen LogP contribution in [0.2, 0.25) is 0 Å². The third-order valence-corrected chi connectivity index (χ3v) is 4.70. The van der Waals surface area contributed by atoms with Gasteiger partial charge in [0.1, 0.15) is 17.2 Å². The maximum atomic E-state index is 13.0. The van der Waals surface area contributed by atoms with Gasteiger partial charge < -0.3 is 9.88 Å². The largest absolute Gasteiger partial charge is 0.348 e. The fourth-order valence-electron chi connectivity index (χ4n) is 3.30. The van der Waals surface area contributed by atoms with Crippen LogP contribution in [0.15, 0.2) is 66.9 Å². The molecule has 0 atom stereocenters. The monoisotopic (exact) mass is 388 g/mol. The van der Waals surface area contributed by atoms with Crippen molar-refractivity contribution in [3.63, 3.8) is 0 Å². The van der Waals surface area contributed by atoms with Crippen molar-refractivity contribution in [2.24, 2.45) is 0 Å². The molecule has 0 aliphatic heterocycles. The summed E-state index contributed by atoms with van der Waals surface area (Å²) in [6, 6.07) is 17.3. The predicted octanol–water partition coefficient (Wildman–Crippen LogP) is 4.58. The van der Waals surface area contributed by atoms with E-state index in [0.29, 0.717) is 12.1 Å². The van der Waals surface area contributed by atoms with Gasteiger partial charge in [-0.2, -0.15) is 0 Å². The van der Waals surface area contributed by atoms with Gasteiger partial charge in [0.2, 0.25) is 0 Å². The van der Waals surface area contributed by atoms with Crippen molar-refractivity contribution in [2.45, 2.75) is 26.4 Å². The lowest BCUT2D eigenvalue weighted by molar-refractivity contribution is 0.0951. The number of amides is 1. The van der Waals surface area contributed by atoms with E-state index in [1.165, 1.54) is 12.1 Å². The summed E-state index contributed by atoms with van der Waals surface area (Å²) in [5.74, 6) is 0.318. The molecule has 6 heteroatoms. The number of nitrogens with zero attached hydrogens (tertiary/aromatic N) is 3. The Balaban J connectivity index is 1.60. The van der Waals surface area contributed by atoms with Crippen LogP contribution in [0.4, 0.5) is 4.39 Å². The Kier molecular flexibility index (Phi) is 5.33. The highest BCUT2D eigenvalue weighted by atomic mass is 19.1. The number of carbonyl (C=O) groups is 1. The highest BCUT2D eigenvalue weighted by Crippen LogP contribution is 2.25. The molecule has 2 aromatic carbocycles. The van der Waals surface area contributed by atoms with Crippen molar-refractivity contribution in [3.05, 3.63) is 83.8 Å². The van der Waals surface area contributed by atoms with Gasteiger partial charge in [-0.1, -0.05) is 31.2 Å². The number of aryl methyl sites for hydroxylation is 1. The number of imidazole rings is 1. The second-order valence-electron chi connectivity index (χ2n) is 6.82. The highest BCUT2D eigenvalue weighted by molar-refractivity contribution is 5.95. The number of aromatic nitrogens is 3. The van der Waals surface area contributed by atoms with Crippen molar-refractivity contribution in [3.8, 4) is 11.4 Å². The molecule has 0 unspecified atom stereocenters. The SMILES string of the molecule is CCCn1c(-c2cccc(C(=O)NCc3ccc(F)cc3)c2)nc2cccnc21. The topological polar surface area (TPSA) is 59.8 Å². The first-order valence-corrected chi connectivity index (χ1v) is 9.60. The van der Waals surface area contributed by atoms with Crippen molar-refractivity contribution in [1.82, 2.24) is 19.9 Å². The first kappa shape index (κ1) is 18.8. The van der Waals surface area contributed by atoms with Crippen molar-refractivity contribution in [2.75, 3.05) is 0 Å². The first-order valence-electron chi connectivity index (χ1n) is 9.60. The van der Waals surface area contributed by atoms with E-state index < -0.39 is 0 Å². The molecule has 1 amide bonds. The van der Waals surface area contributed by atoms with Crippen LogP contribution in [0.25, 0.3) is 22.6 Å². The van der Waals surface area contributed by atoms with Crippen LogP contribution in [-0.2, 0) is 13.1 Å². The number of hydrogen-bond acceptors (Lipinski definition) is 3. The van der Waals surface area contributed by atoms with Crippen molar-refractivity contribution in [1.29, 1.82) is 0 Å². The highest BCUT2D eigenvalue weighted by Gasteiger charge is 2.14. The molecular formula is C23H21FN4O. The number of benzene rings is 2. The third-order valence-electron chi connectivity index (χ3n) is 4.70. The van der Waals surface area contributed by atoms with Crippen LogP contribution in [-0.4, -0.2) is 20.4 Å². The van der Waals surface area contributed by atoms with E-state index in [1.807, 2.05) is 30.3 Å². The minimum Gasteiger partial charge on any atom is -0.348 e. The normalized spacial score (nSPS) is 11.0. The van der Waals surface area contributed by atoms with Crippen LogP contribution >= 0.6 is 0 Å². The third kappa shape index (κ3) is 4.01. The Morgan fingerprint density at radius 3 is 2.72 bits per heavy atom.